The molecule has 4 aromatic rings. The molecule has 35 heavy (non-hydrogen) atoms. The Kier molecular flexibility index (Phi) is 5.94. The highest BCUT2D eigenvalue weighted by Crippen LogP contribution is 2.46. The first-order chi connectivity index (χ1) is 17.0. The summed E-state index contributed by atoms with van der Waals surface area (Å²) < 4.78 is 41.0. The molecule has 0 unspecified atom stereocenters. The van der Waals surface area contributed by atoms with Crippen molar-refractivity contribution in [1.29, 1.82) is 0 Å². The molecule has 1 aliphatic heterocycles. The number of hydrogen-bond acceptors (Lipinski definition) is 4. The smallest absolute Gasteiger partial charge is 0.226 e. The van der Waals surface area contributed by atoms with Crippen LogP contribution in [-0.2, 0) is 11.4 Å². The quantitative estimate of drug-likeness (QED) is 0.399. The number of aryl methyl sites for hydroxylation is 1. The minimum Gasteiger partial charge on any atom is -0.493 e. The van der Waals surface area contributed by atoms with Crippen molar-refractivity contribution < 1.29 is 23.0 Å². The van der Waals surface area contributed by atoms with E-state index >= 15 is 0 Å². The number of carbonyl (C=O) groups is 1. The van der Waals surface area contributed by atoms with Crippen molar-refractivity contribution in [3.63, 3.8) is 0 Å². The highest BCUT2D eigenvalue weighted by molar-refractivity contribution is 5.95. The van der Waals surface area contributed by atoms with E-state index in [4.69, 9.17) is 9.47 Å². The van der Waals surface area contributed by atoms with Gasteiger partial charge in [0.2, 0.25) is 5.91 Å². The Morgan fingerprint density at radius 1 is 1.06 bits per heavy atom. The zero-order valence-electron chi connectivity index (χ0n) is 19.2. The van der Waals surface area contributed by atoms with E-state index in [0.29, 0.717) is 28.6 Å². The van der Waals surface area contributed by atoms with Crippen molar-refractivity contribution in [3.05, 3.63) is 101 Å². The molecule has 2 heterocycles. The lowest BCUT2D eigenvalue weighted by Crippen LogP contribution is -2.25. The zero-order chi connectivity index (χ0) is 24.5. The van der Waals surface area contributed by atoms with Crippen LogP contribution in [0.25, 0.3) is 5.69 Å². The van der Waals surface area contributed by atoms with Gasteiger partial charge in [-0.25, -0.2) is 13.5 Å². The van der Waals surface area contributed by atoms with Gasteiger partial charge < -0.3 is 14.8 Å². The molecular formula is C27H23F2N3O3. The Bertz CT molecular complexity index is 1400. The largest absolute Gasteiger partial charge is 0.493 e. The maximum absolute atomic E-state index is 14.2. The van der Waals surface area contributed by atoms with Gasteiger partial charge in [-0.2, -0.15) is 5.10 Å². The molecule has 5 rings (SSSR count). The Hall–Kier alpha value is -4.20. The van der Waals surface area contributed by atoms with Crippen LogP contribution in [0.4, 0.5) is 14.6 Å². The van der Waals surface area contributed by atoms with E-state index in [0.717, 1.165) is 16.8 Å². The molecule has 0 saturated heterocycles. The second-order valence-electron chi connectivity index (χ2n) is 8.30. The van der Waals surface area contributed by atoms with E-state index < -0.39 is 0 Å². The van der Waals surface area contributed by atoms with Crippen LogP contribution in [0.3, 0.4) is 0 Å². The second-order valence-corrected chi connectivity index (χ2v) is 8.30. The molecule has 178 valence electrons. The van der Waals surface area contributed by atoms with Gasteiger partial charge in [-0.3, -0.25) is 4.79 Å². The van der Waals surface area contributed by atoms with E-state index in [-0.39, 0.29) is 36.5 Å². The molecular weight excluding hydrogens is 452 g/mol. The van der Waals surface area contributed by atoms with Crippen LogP contribution in [0.5, 0.6) is 11.5 Å². The minimum absolute atomic E-state index is 0.000353. The van der Waals surface area contributed by atoms with Gasteiger partial charge in [-0.1, -0.05) is 30.3 Å². The molecule has 1 atom stereocenters. The van der Waals surface area contributed by atoms with Crippen LogP contribution in [-0.4, -0.2) is 22.8 Å². The number of fused-ring (bicyclic) bond motifs is 1. The Labute approximate surface area is 201 Å². The summed E-state index contributed by atoms with van der Waals surface area (Å²) >= 11 is 0. The zero-order valence-corrected chi connectivity index (χ0v) is 19.2. The maximum atomic E-state index is 14.2. The molecule has 1 aromatic heterocycles. The van der Waals surface area contributed by atoms with Crippen molar-refractivity contribution in [2.75, 3.05) is 12.4 Å². The number of aromatic nitrogens is 2. The van der Waals surface area contributed by atoms with Gasteiger partial charge >= 0.3 is 0 Å². The highest BCUT2D eigenvalue weighted by atomic mass is 19.1. The summed E-state index contributed by atoms with van der Waals surface area (Å²) in [6, 6.07) is 17.8. The predicted molar refractivity (Wildman–Crippen MR) is 127 cm³/mol. The van der Waals surface area contributed by atoms with Crippen LogP contribution in [0, 0.1) is 18.6 Å². The molecule has 3 aromatic carbocycles. The summed E-state index contributed by atoms with van der Waals surface area (Å²) in [4.78, 5) is 12.8. The molecule has 0 aliphatic carbocycles. The van der Waals surface area contributed by atoms with E-state index in [1.807, 2.05) is 19.1 Å². The third kappa shape index (κ3) is 4.23. The topological polar surface area (TPSA) is 65.4 Å². The molecule has 0 spiro atoms. The van der Waals surface area contributed by atoms with Crippen LogP contribution in [0.15, 0.2) is 66.7 Å². The Balaban J connectivity index is 1.59. The molecule has 1 aliphatic rings. The molecule has 1 N–H and O–H groups in total. The summed E-state index contributed by atoms with van der Waals surface area (Å²) in [6.45, 7) is 1.86. The Morgan fingerprint density at radius 3 is 2.57 bits per heavy atom. The molecule has 0 radical (unpaired) electrons. The number of anilines is 1. The summed E-state index contributed by atoms with van der Waals surface area (Å²) in [5.74, 6) is 0.166. The van der Waals surface area contributed by atoms with E-state index in [1.54, 1.807) is 41.1 Å². The third-order valence-corrected chi connectivity index (χ3v) is 6.11. The molecule has 0 fully saturated rings. The fourth-order valence-electron chi connectivity index (χ4n) is 4.47. The van der Waals surface area contributed by atoms with Crippen LogP contribution < -0.4 is 14.8 Å². The van der Waals surface area contributed by atoms with Crippen molar-refractivity contribution in [2.24, 2.45) is 0 Å². The number of halogens is 2. The van der Waals surface area contributed by atoms with Crippen molar-refractivity contribution in [3.8, 4) is 17.2 Å². The van der Waals surface area contributed by atoms with Crippen LogP contribution >= 0.6 is 0 Å². The van der Waals surface area contributed by atoms with Crippen molar-refractivity contribution >= 4 is 11.7 Å². The fraction of sp³-hybridized carbons (Fsp3) is 0.185. The van der Waals surface area contributed by atoms with Gasteiger partial charge in [-0.15, -0.1) is 0 Å². The first-order valence-electron chi connectivity index (χ1n) is 11.1. The number of amides is 1. The molecule has 1 amide bonds. The van der Waals surface area contributed by atoms with Gasteiger partial charge in [0.05, 0.1) is 18.5 Å². The predicted octanol–water partition coefficient (Wildman–Crippen LogP) is 5.52. The van der Waals surface area contributed by atoms with Gasteiger partial charge in [0.1, 0.15) is 24.1 Å². The van der Waals surface area contributed by atoms with Gasteiger partial charge in [-0.05, 0) is 43.3 Å². The van der Waals surface area contributed by atoms with Crippen molar-refractivity contribution in [2.45, 2.75) is 25.9 Å². The Morgan fingerprint density at radius 2 is 1.83 bits per heavy atom. The van der Waals surface area contributed by atoms with Gasteiger partial charge in [0, 0.05) is 29.0 Å². The van der Waals surface area contributed by atoms with Crippen molar-refractivity contribution in [1.82, 2.24) is 9.78 Å². The summed E-state index contributed by atoms with van der Waals surface area (Å²) in [5.41, 5.74) is 3.32. The first kappa shape index (κ1) is 22.6. The number of benzene rings is 3. The van der Waals surface area contributed by atoms with E-state index in [2.05, 4.69) is 10.4 Å². The lowest BCUT2D eigenvalue weighted by Gasteiger charge is -2.26. The lowest BCUT2D eigenvalue weighted by atomic mass is 9.85. The first-order valence-corrected chi connectivity index (χ1v) is 11.1. The molecule has 6 nitrogen and oxygen atoms in total. The number of carbonyl (C=O) groups excluding carboxylic acids is 1. The minimum atomic E-state index is -0.376. The average Bonchev–Trinajstić information content (AvgIpc) is 3.19. The van der Waals surface area contributed by atoms with Crippen LogP contribution in [0.1, 0.15) is 34.7 Å². The summed E-state index contributed by atoms with van der Waals surface area (Å²) in [7, 11) is 1.53. The number of rotatable bonds is 6. The lowest BCUT2D eigenvalue weighted by molar-refractivity contribution is -0.116. The number of hydrogen-bond donors (Lipinski definition) is 1. The number of nitrogens with zero attached hydrogens (tertiary/aromatic N) is 2. The monoisotopic (exact) mass is 475 g/mol. The molecule has 8 heteroatoms. The number of methoxy groups -OCH3 is 1. The fourth-order valence-corrected chi connectivity index (χ4v) is 4.47. The summed E-state index contributed by atoms with van der Waals surface area (Å²) in [6.07, 6.45) is 0.173. The third-order valence-electron chi connectivity index (χ3n) is 6.11. The standard InChI is InChI=1S/C27H23F2N3O3/c1-16-25-21(14-24(33)30-27(25)32(31-16)19-12-10-18(28)11-13-19)20-7-5-9-23(34-2)26(20)35-15-17-6-3-4-8-22(17)29/h3-13,21H,14-15H2,1-2H3,(H,30,33)/t21-/m1/s1. The number of para-hydroxylation sites is 1. The summed E-state index contributed by atoms with van der Waals surface area (Å²) in [5, 5.41) is 7.56. The number of nitrogens with one attached hydrogen (secondary N) is 1. The van der Waals surface area contributed by atoms with E-state index in [1.165, 1.54) is 25.3 Å². The number of ether oxygens (including phenoxy) is 2. The highest BCUT2D eigenvalue weighted by Gasteiger charge is 2.35. The molecule has 0 bridgehead atoms. The average molecular weight is 475 g/mol. The maximum Gasteiger partial charge on any atom is 0.226 e. The van der Waals surface area contributed by atoms with Gasteiger partial charge in [0.15, 0.2) is 11.5 Å². The van der Waals surface area contributed by atoms with E-state index in [9.17, 15) is 13.6 Å². The second kappa shape index (κ2) is 9.21. The SMILES string of the molecule is COc1cccc([C@H]2CC(=O)Nc3c2c(C)nn3-c2ccc(F)cc2)c1OCc1ccccc1F. The van der Waals surface area contributed by atoms with Gasteiger partial charge in [0.25, 0.3) is 0 Å². The molecule has 0 saturated carbocycles. The van der Waals surface area contributed by atoms with Crippen LogP contribution in [0.2, 0.25) is 0 Å². The normalized spacial score (nSPS) is 14.9.